The lowest BCUT2D eigenvalue weighted by atomic mass is 9.92. The van der Waals surface area contributed by atoms with Crippen molar-refractivity contribution < 1.29 is 0 Å². The van der Waals surface area contributed by atoms with Crippen LogP contribution in [0.3, 0.4) is 0 Å². The van der Waals surface area contributed by atoms with E-state index in [-0.39, 0.29) is 0 Å². The first kappa shape index (κ1) is 33.0. The van der Waals surface area contributed by atoms with Crippen molar-refractivity contribution in [3.05, 3.63) is 6.92 Å². The fraction of sp³-hybridized carbons (Fsp3) is 0.971. The Kier molecular flexibility index (Phi) is 26.9. The van der Waals surface area contributed by atoms with Gasteiger partial charge in [0.15, 0.2) is 0 Å². The highest BCUT2D eigenvalue weighted by atomic mass is 14.9. The van der Waals surface area contributed by atoms with Gasteiger partial charge in [-0.25, -0.2) is 0 Å². The molecule has 1 aliphatic rings. The van der Waals surface area contributed by atoms with E-state index >= 15 is 0 Å². The maximum Gasteiger partial charge on any atom is -0.00463 e. The number of hydrogen-bond acceptors (Lipinski definition) is 1. The van der Waals surface area contributed by atoms with Crippen molar-refractivity contribution in [3.63, 3.8) is 0 Å². The quantitative estimate of drug-likeness (QED) is 0.107. The van der Waals surface area contributed by atoms with Crippen LogP contribution in [0.1, 0.15) is 193 Å². The summed E-state index contributed by atoms with van der Waals surface area (Å²) < 4.78 is 0. The van der Waals surface area contributed by atoms with E-state index in [9.17, 15) is 0 Å². The highest BCUT2D eigenvalue weighted by Crippen LogP contribution is 2.20. The summed E-state index contributed by atoms with van der Waals surface area (Å²) in [5.41, 5.74) is 0. The Balaban J connectivity index is 1.61. The molecule has 209 valence electrons. The van der Waals surface area contributed by atoms with Crippen molar-refractivity contribution in [1.29, 1.82) is 0 Å². The number of unbranched alkanes of at least 4 members (excludes halogenated alkanes) is 26. The summed E-state index contributed by atoms with van der Waals surface area (Å²) in [5.74, 6) is 1.04. The molecule has 0 bridgehead atoms. The van der Waals surface area contributed by atoms with Gasteiger partial charge in [0.2, 0.25) is 0 Å². The molecule has 35 heavy (non-hydrogen) atoms. The van der Waals surface area contributed by atoms with Gasteiger partial charge in [-0.15, -0.1) is 0 Å². The second-order valence-electron chi connectivity index (χ2n) is 12.0. The van der Waals surface area contributed by atoms with Gasteiger partial charge in [0.05, 0.1) is 0 Å². The molecule has 1 radical (unpaired) electrons. The number of rotatable bonds is 28. The van der Waals surface area contributed by atoms with Gasteiger partial charge in [-0.3, -0.25) is 0 Å². The van der Waals surface area contributed by atoms with Gasteiger partial charge in [0, 0.05) is 0 Å². The Hall–Kier alpha value is -0.0400. The van der Waals surface area contributed by atoms with Crippen molar-refractivity contribution in [2.75, 3.05) is 13.1 Å². The molecule has 1 nitrogen and oxygen atoms in total. The van der Waals surface area contributed by atoms with E-state index < -0.39 is 0 Å². The third-order valence-corrected chi connectivity index (χ3v) is 8.57. The lowest BCUT2D eigenvalue weighted by molar-refractivity contribution is 0.342. The molecular formula is C34H68N. The highest BCUT2D eigenvalue weighted by molar-refractivity contribution is 4.68. The van der Waals surface area contributed by atoms with Crippen LogP contribution in [0.5, 0.6) is 0 Å². The van der Waals surface area contributed by atoms with E-state index in [1.165, 1.54) is 199 Å². The predicted molar refractivity (Wildman–Crippen MR) is 160 cm³/mol. The largest absolute Gasteiger partial charge is 0.317 e. The molecule has 0 saturated carbocycles. The Morgan fingerprint density at radius 1 is 0.371 bits per heavy atom. The topological polar surface area (TPSA) is 12.0 Å². The van der Waals surface area contributed by atoms with Gasteiger partial charge in [-0.2, -0.15) is 0 Å². The van der Waals surface area contributed by atoms with E-state index in [1.54, 1.807) is 0 Å². The van der Waals surface area contributed by atoms with Gasteiger partial charge in [-0.05, 0) is 31.8 Å². The Morgan fingerprint density at radius 2 is 0.629 bits per heavy atom. The maximum absolute atomic E-state index is 3.92. The minimum atomic E-state index is 1.04. The fourth-order valence-corrected chi connectivity index (χ4v) is 6.02. The normalized spacial score (nSPS) is 14.7. The third-order valence-electron chi connectivity index (χ3n) is 8.57. The predicted octanol–water partition coefficient (Wildman–Crippen LogP) is 11.7. The summed E-state index contributed by atoms with van der Waals surface area (Å²) >= 11 is 0. The van der Waals surface area contributed by atoms with E-state index in [4.69, 9.17) is 0 Å². The molecule has 1 rings (SSSR count). The minimum absolute atomic E-state index is 1.04. The number of hydrogen-bond donors (Lipinski definition) is 1. The van der Waals surface area contributed by atoms with Crippen LogP contribution in [0, 0.1) is 12.8 Å². The third kappa shape index (κ3) is 25.4. The summed E-state index contributed by atoms with van der Waals surface area (Å²) in [6.45, 7) is 6.46. The summed E-state index contributed by atoms with van der Waals surface area (Å²) in [5, 5.41) is 3.49. The maximum atomic E-state index is 3.92. The molecule has 1 saturated heterocycles. The number of piperidine rings is 1. The number of nitrogens with one attached hydrogen (secondary N) is 1. The molecule has 1 heteroatoms. The van der Waals surface area contributed by atoms with E-state index in [0.29, 0.717) is 0 Å². The van der Waals surface area contributed by atoms with Crippen molar-refractivity contribution in [2.45, 2.75) is 193 Å². The Labute approximate surface area is 223 Å². The van der Waals surface area contributed by atoms with Crippen molar-refractivity contribution in [3.8, 4) is 0 Å². The summed E-state index contributed by atoms with van der Waals surface area (Å²) in [4.78, 5) is 0. The van der Waals surface area contributed by atoms with Crippen molar-refractivity contribution in [2.24, 2.45) is 5.92 Å². The van der Waals surface area contributed by atoms with Crippen molar-refractivity contribution >= 4 is 0 Å². The first-order chi connectivity index (χ1) is 17.4. The molecule has 1 N–H and O–H groups in total. The average molecular weight is 491 g/mol. The Bertz CT molecular complexity index is 373. The highest BCUT2D eigenvalue weighted by Gasteiger charge is 2.11. The van der Waals surface area contributed by atoms with Gasteiger partial charge in [0.1, 0.15) is 0 Å². The van der Waals surface area contributed by atoms with E-state index in [0.717, 1.165) is 12.3 Å². The smallest absolute Gasteiger partial charge is 0.00463 e. The van der Waals surface area contributed by atoms with E-state index in [1.807, 2.05) is 0 Å². The zero-order chi connectivity index (χ0) is 24.9. The van der Waals surface area contributed by atoms with Gasteiger partial charge in [0.25, 0.3) is 0 Å². The molecule has 0 aliphatic carbocycles. The average Bonchev–Trinajstić information content (AvgIpc) is 2.89. The Morgan fingerprint density at radius 3 is 0.914 bits per heavy atom. The second kappa shape index (κ2) is 28.5. The molecule has 0 atom stereocenters. The first-order valence-electron chi connectivity index (χ1n) is 16.9. The standard InChI is InChI=1S/C34H68N/c1-2-3-4-5-6-7-8-9-10-11-12-13-14-15-16-17-18-19-20-21-22-23-24-25-26-27-28-29-34-30-32-35-33-31-34/h34-35H,1-33H2. The second-order valence-corrected chi connectivity index (χ2v) is 12.0. The lowest BCUT2D eigenvalue weighted by Gasteiger charge is -2.22. The molecule has 0 aromatic heterocycles. The van der Waals surface area contributed by atoms with Crippen LogP contribution in [0.4, 0.5) is 0 Å². The molecular weight excluding hydrogens is 422 g/mol. The molecule has 0 unspecified atom stereocenters. The molecule has 0 amide bonds. The van der Waals surface area contributed by atoms with Crippen LogP contribution >= 0.6 is 0 Å². The SMILES string of the molecule is [CH2]CCCCCCCCCCCCCCCCCCCCCCCCCCCCC1CCNCC1. The molecule has 0 aromatic rings. The lowest BCUT2D eigenvalue weighted by Crippen LogP contribution is -2.27. The van der Waals surface area contributed by atoms with Gasteiger partial charge >= 0.3 is 0 Å². The fourth-order valence-electron chi connectivity index (χ4n) is 6.02. The van der Waals surface area contributed by atoms with Crippen molar-refractivity contribution in [1.82, 2.24) is 5.32 Å². The van der Waals surface area contributed by atoms with Gasteiger partial charge in [-0.1, -0.05) is 187 Å². The zero-order valence-electron chi connectivity index (χ0n) is 24.4. The molecule has 1 aliphatic heterocycles. The monoisotopic (exact) mass is 491 g/mol. The first-order valence-corrected chi connectivity index (χ1v) is 16.9. The van der Waals surface area contributed by atoms with Gasteiger partial charge < -0.3 is 5.32 Å². The summed E-state index contributed by atoms with van der Waals surface area (Å²) in [6, 6.07) is 0. The molecule has 0 spiro atoms. The van der Waals surface area contributed by atoms with Crippen LogP contribution in [-0.2, 0) is 0 Å². The molecule has 1 heterocycles. The van der Waals surface area contributed by atoms with Crippen LogP contribution < -0.4 is 5.32 Å². The summed E-state index contributed by atoms with van der Waals surface area (Å²) in [7, 11) is 0. The van der Waals surface area contributed by atoms with Crippen LogP contribution in [0.2, 0.25) is 0 Å². The zero-order valence-corrected chi connectivity index (χ0v) is 24.4. The minimum Gasteiger partial charge on any atom is -0.317 e. The summed E-state index contributed by atoms with van der Waals surface area (Å²) in [6.07, 6.45) is 43.9. The van der Waals surface area contributed by atoms with Crippen LogP contribution in [0.25, 0.3) is 0 Å². The van der Waals surface area contributed by atoms with Crippen LogP contribution in [-0.4, -0.2) is 13.1 Å². The molecule has 0 aromatic carbocycles. The van der Waals surface area contributed by atoms with E-state index in [2.05, 4.69) is 12.2 Å². The molecule has 1 fully saturated rings. The van der Waals surface area contributed by atoms with Crippen LogP contribution in [0.15, 0.2) is 0 Å².